The smallest absolute Gasteiger partial charge is 0.146 e. The third kappa shape index (κ3) is 3.57. The van der Waals surface area contributed by atoms with Gasteiger partial charge >= 0.3 is 0 Å². The Morgan fingerprint density at radius 1 is 0.725 bits per heavy atom. The third-order valence-corrected chi connectivity index (χ3v) is 7.42. The Hall–Kier alpha value is -5.64. The van der Waals surface area contributed by atoms with E-state index in [1.165, 1.54) is 44.1 Å². The lowest BCUT2D eigenvalue weighted by Gasteiger charge is -2.12. The van der Waals surface area contributed by atoms with Gasteiger partial charge < -0.3 is 0 Å². The fourth-order valence-electron chi connectivity index (χ4n) is 5.79. The molecule has 3 nitrogen and oxygen atoms in total. The summed E-state index contributed by atoms with van der Waals surface area (Å²) in [5.41, 5.74) is 10.5. The van der Waals surface area contributed by atoms with Gasteiger partial charge in [-0.2, -0.15) is 0 Å². The molecule has 4 heterocycles. The molecule has 0 unspecified atom stereocenters. The van der Waals surface area contributed by atoms with Crippen molar-refractivity contribution in [2.75, 3.05) is 0 Å². The van der Waals surface area contributed by atoms with Crippen LogP contribution in [0.4, 0.5) is 0 Å². The van der Waals surface area contributed by atoms with Crippen LogP contribution in [0.25, 0.3) is 71.9 Å². The zero-order valence-corrected chi connectivity index (χ0v) is 21.9. The van der Waals surface area contributed by atoms with Crippen LogP contribution in [-0.2, 0) is 0 Å². The molecule has 8 rings (SSSR count). The molecule has 3 aromatic heterocycles. The van der Waals surface area contributed by atoms with Crippen LogP contribution in [0.2, 0.25) is 0 Å². The van der Waals surface area contributed by atoms with Gasteiger partial charge in [0.05, 0.1) is 22.7 Å². The number of para-hydroxylation sites is 1. The van der Waals surface area contributed by atoms with Crippen LogP contribution >= 0.6 is 0 Å². The van der Waals surface area contributed by atoms with Gasteiger partial charge in [0, 0.05) is 33.5 Å². The SMILES string of the molecule is C#CC#CC.c1ccc(-c2ccc3c4c2c2ccncc2n4-c2nc4ccccc4cc2-c2ccccc2-3)cc1. The number of pyridine rings is 2. The first-order valence-corrected chi connectivity index (χ1v) is 13.1. The number of benzene rings is 4. The topological polar surface area (TPSA) is 30.7 Å². The predicted octanol–water partition coefficient (Wildman–Crippen LogP) is 8.68. The molecule has 0 saturated heterocycles. The van der Waals surface area contributed by atoms with Crippen LogP contribution in [0.3, 0.4) is 0 Å². The molecule has 0 atom stereocenters. The Kier molecular flexibility index (Phi) is 5.63. The average Bonchev–Trinajstić information content (AvgIpc) is 3.30. The lowest BCUT2D eigenvalue weighted by molar-refractivity contribution is 1.10. The van der Waals surface area contributed by atoms with Gasteiger partial charge in [-0.3, -0.25) is 9.55 Å². The minimum absolute atomic E-state index is 0.952. The molecule has 3 heteroatoms. The summed E-state index contributed by atoms with van der Waals surface area (Å²) < 4.78 is 2.33. The van der Waals surface area contributed by atoms with Crippen molar-refractivity contribution in [1.82, 2.24) is 14.5 Å². The molecule has 0 aliphatic carbocycles. The van der Waals surface area contributed by atoms with Gasteiger partial charge in [-0.05, 0) is 59.2 Å². The first-order chi connectivity index (χ1) is 19.8. The lowest BCUT2D eigenvalue weighted by atomic mass is 9.91. The fraction of sp³-hybridized carbons (Fsp3) is 0.0270. The molecule has 186 valence electrons. The summed E-state index contributed by atoms with van der Waals surface area (Å²) in [5, 5.41) is 3.57. The Bertz CT molecular complexity index is 2190. The highest BCUT2D eigenvalue weighted by atomic mass is 15.1. The second-order valence-electron chi connectivity index (χ2n) is 9.60. The number of hydrogen-bond acceptors (Lipinski definition) is 2. The molecule has 7 aromatic rings. The van der Waals surface area contributed by atoms with Crippen molar-refractivity contribution in [2.45, 2.75) is 6.92 Å². The summed E-state index contributed by atoms with van der Waals surface area (Å²) >= 11 is 0. The number of hydrogen-bond donors (Lipinski definition) is 0. The summed E-state index contributed by atoms with van der Waals surface area (Å²) in [6.07, 6.45) is 8.58. The molecule has 0 spiro atoms. The number of nitrogens with zero attached hydrogens (tertiary/aromatic N) is 3. The minimum atomic E-state index is 0.952. The molecular weight excluding hydrogens is 486 g/mol. The van der Waals surface area contributed by atoms with Crippen LogP contribution in [0, 0.1) is 24.2 Å². The highest BCUT2D eigenvalue weighted by molar-refractivity contribution is 6.21. The first-order valence-electron chi connectivity index (χ1n) is 13.1. The monoisotopic (exact) mass is 509 g/mol. The fourth-order valence-corrected chi connectivity index (χ4v) is 5.79. The molecule has 1 aliphatic rings. The second-order valence-corrected chi connectivity index (χ2v) is 9.60. The number of aromatic nitrogens is 3. The van der Waals surface area contributed by atoms with Crippen molar-refractivity contribution in [3.8, 4) is 63.4 Å². The van der Waals surface area contributed by atoms with Gasteiger partial charge in [-0.25, -0.2) is 4.98 Å². The Labute approximate surface area is 232 Å². The summed E-state index contributed by atoms with van der Waals surface area (Å²) in [7, 11) is 0. The van der Waals surface area contributed by atoms with Crippen LogP contribution in [0.1, 0.15) is 6.92 Å². The van der Waals surface area contributed by atoms with Crippen molar-refractivity contribution in [3.63, 3.8) is 0 Å². The summed E-state index contributed by atoms with van der Waals surface area (Å²) in [6, 6.07) is 36.7. The molecule has 40 heavy (non-hydrogen) atoms. The Morgan fingerprint density at radius 2 is 1.45 bits per heavy atom. The summed E-state index contributed by atoms with van der Waals surface area (Å²) in [4.78, 5) is 9.80. The normalized spacial score (nSPS) is 10.9. The van der Waals surface area contributed by atoms with E-state index in [0.29, 0.717) is 0 Å². The van der Waals surface area contributed by atoms with Crippen molar-refractivity contribution < 1.29 is 0 Å². The highest BCUT2D eigenvalue weighted by Gasteiger charge is 2.27. The van der Waals surface area contributed by atoms with E-state index < -0.39 is 0 Å². The molecule has 0 saturated carbocycles. The van der Waals surface area contributed by atoms with Gasteiger partial charge in [0.25, 0.3) is 0 Å². The van der Waals surface area contributed by atoms with Gasteiger partial charge in [0.2, 0.25) is 0 Å². The van der Waals surface area contributed by atoms with Crippen molar-refractivity contribution >= 4 is 32.7 Å². The largest absolute Gasteiger partial charge is 0.291 e. The van der Waals surface area contributed by atoms with Gasteiger partial charge in [0.15, 0.2) is 0 Å². The van der Waals surface area contributed by atoms with E-state index in [1.807, 2.05) is 12.4 Å². The third-order valence-electron chi connectivity index (χ3n) is 7.42. The number of rotatable bonds is 1. The Morgan fingerprint density at radius 3 is 2.23 bits per heavy atom. The maximum Gasteiger partial charge on any atom is 0.146 e. The maximum atomic E-state index is 5.26. The van der Waals surface area contributed by atoms with E-state index in [0.717, 1.165) is 27.8 Å². The molecule has 0 fully saturated rings. The zero-order valence-electron chi connectivity index (χ0n) is 21.9. The van der Waals surface area contributed by atoms with Gasteiger partial charge in [0.1, 0.15) is 5.82 Å². The molecule has 1 aliphatic heterocycles. The van der Waals surface area contributed by atoms with E-state index in [1.54, 1.807) is 6.92 Å². The van der Waals surface area contributed by atoms with E-state index >= 15 is 0 Å². The second kappa shape index (κ2) is 9.59. The average molecular weight is 510 g/mol. The van der Waals surface area contributed by atoms with Crippen LogP contribution in [-0.4, -0.2) is 14.5 Å². The van der Waals surface area contributed by atoms with Gasteiger partial charge in [-0.15, -0.1) is 6.42 Å². The zero-order chi connectivity index (χ0) is 27.1. The summed E-state index contributed by atoms with van der Waals surface area (Å²) in [6.45, 7) is 1.71. The lowest BCUT2D eigenvalue weighted by Crippen LogP contribution is -2.00. The molecule has 0 radical (unpaired) electrons. The standard InChI is InChI=1S/C32H19N3.C5H4/c1-2-8-20(9-3-1)22-14-15-25-23-11-5-6-12-24(23)27-18-21-10-4-7-13-28(21)34-32(27)35-29-19-33-17-16-26(29)30(22)31(25)35;1-3-5-4-2/h1-19H;1H,2H3. The van der Waals surface area contributed by atoms with Crippen molar-refractivity contribution in [1.29, 1.82) is 0 Å². The van der Waals surface area contributed by atoms with Crippen LogP contribution < -0.4 is 0 Å². The van der Waals surface area contributed by atoms with E-state index in [2.05, 4.69) is 130 Å². The van der Waals surface area contributed by atoms with Gasteiger partial charge in [-0.1, -0.05) is 90.8 Å². The minimum Gasteiger partial charge on any atom is -0.291 e. The molecule has 0 N–H and O–H groups in total. The molecular formula is C37H23N3. The quantitative estimate of drug-likeness (QED) is 0.207. The molecule has 0 amide bonds. The predicted molar refractivity (Wildman–Crippen MR) is 166 cm³/mol. The van der Waals surface area contributed by atoms with Crippen LogP contribution in [0.5, 0.6) is 0 Å². The summed E-state index contributed by atoms with van der Waals surface area (Å²) in [5.74, 6) is 8.03. The maximum absolute atomic E-state index is 5.26. The van der Waals surface area contributed by atoms with E-state index in [4.69, 9.17) is 11.4 Å². The molecule has 4 aromatic carbocycles. The van der Waals surface area contributed by atoms with Crippen LogP contribution in [0.15, 0.2) is 116 Å². The first kappa shape index (κ1) is 23.5. The number of fused-ring (bicyclic) bond motifs is 9. The molecule has 0 bridgehead atoms. The number of terminal acetylenes is 1. The van der Waals surface area contributed by atoms with E-state index in [9.17, 15) is 0 Å². The Balaban J connectivity index is 0.000000490. The van der Waals surface area contributed by atoms with E-state index in [-0.39, 0.29) is 0 Å². The van der Waals surface area contributed by atoms with Crippen molar-refractivity contribution in [2.24, 2.45) is 0 Å². The highest BCUT2D eigenvalue weighted by Crippen LogP contribution is 2.48. The van der Waals surface area contributed by atoms with Crippen molar-refractivity contribution in [3.05, 3.63) is 116 Å².